The van der Waals surface area contributed by atoms with Crippen molar-refractivity contribution >= 4 is 33.4 Å². The van der Waals surface area contributed by atoms with Gasteiger partial charge in [-0.15, -0.1) is 11.3 Å². The number of thiophene rings is 1. The van der Waals surface area contributed by atoms with Crippen LogP contribution in [0, 0.1) is 6.92 Å². The quantitative estimate of drug-likeness (QED) is 0.556. The third-order valence-electron chi connectivity index (χ3n) is 2.13. The minimum absolute atomic E-state index is 0.755. The largest absolute Gasteiger partial charge is 0.398 e. The highest BCUT2D eigenvalue weighted by Gasteiger charge is 2.07. The van der Waals surface area contributed by atoms with Crippen LogP contribution in [0.15, 0.2) is 17.5 Å². The zero-order valence-electron chi connectivity index (χ0n) is 7.20. The normalized spacial score (nSPS) is 10.5. The second-order valence-corrected chi connectivity index (χ2v) is 3.89. The molecule has 0 aliphatic heterocycles. The molecular formula is C10H9NOS. The molecule has 13 heavy (non-hydrogen) atoms. The number of fused-ring (bicyclic) bond motifs is 1. The molecule has 0 aliphatic rings. The molecule has 0 radical (unpaired) electrons. The van der Waals surface area contributed by atoms with E-state index in [1.807, 2.05) is 24.4 Å². The van der Waals surface area contributed by atoms with Crippen molar-refractivity contribution in [3.8, 4) is 0 Å². The first-order chi connectivity index (χ1) is 6.24. The molecule has 0 fully saturated rings. The van der Waals surface area contributed by atoms with Gasteiger partial charge in [0.2, 0.25) is 0 Å². The topological polar surface area (TPSA) is 43.1 Å². The summed E-state index contributed by atoms with van der Waals surface area (Å²) in [5.74, 6) is 0. The third kappa shape index (κ3) is 1.12. The van der Waals surface area contributed by atoms with Gasteiger partial charge >= 0.3 is 0 Å². The summed E-state index contributed by atoms with van der Waals surface area (Å²) in [5, 5.41) is 2.92. The Morgan fingerprint density at radius 1 is 1.54 bits per heavy atom. The Balaban J connectivity index is 2.96. The lowest BCUT2D eigenvalue weighted by atomic mass is 10.1. The predicted octanol–water partition coefficient (Wildman–Crippen LogP) is 2.60. The average molecular weight is 191 g/mol. The van der Waals surface area contributed by atoms with E-state index < -0.39 is 0 Å². The van der Waals surface area contributed by atoms with Crippen LogP contribution >= 0.6 is 11.3 Å². The number of benzene rings is 1. The van der Waals surface area contributed by atoms with Gasteiger partial charge in [0.1, 0.15) is 0 Å². The van der Waals surface area contributed by atoms with Crippen molar-refractivity contribution in [2.24, 2.45) is 0 Å². The van der Waals surface area contributed by atoms with Crippen LogP contribution in [0.5, 0.6) is 0 Å². The Bertz CT molecular complexity index is 473. The van der Waals surface area contributed by atoms with Gasteiger partial charge in [0, 0.05) is 16.6 Å². The zero-order chi connectivity index (χ0) is 9.42. The van der Waals surface area contributed by atoms with Crippen LogP contribution in [0.2, 0.25) is 0 Å². The SMILES string of the molecule is Cc1cc(N)c2sccc2c1C=O. The van der Waals surface area contributed by atoms with Gasteiger partial charge < -0.3 is 5.73 Å². The molecule has 2 N–H and O–H groups in total. The molecular weight excluding hydrogens is 182 g/mol. The molecule has 1 aromatic carbocycles. The summed E-state index contributed by atoms with van der Waals surface area (Å²) in [4.78, 5) is 10.8. The van der Waals surface area contributed by atoms with E-state index in [0.717, 1.165) is 33.2 Å². The third-order valence-corrected chi connectivity index (χ3v) is 3.10. The van der Waals surface area contributed by atoms with E-state index in [-0.39, 0.29) is 0 Å². The Morgan fingerprint density at radius 2 is 2.31 bits per heavy atom. The zero-order valence-corrected chi connectivity index (χ0v) is 8.02. The number of aldehydes is 1. The molecule has 66 valence electrons. The monoisotopic (exact) mass is 191 g/mol. The molecule has 3 heteroatoms. The van der Waals surface area contributed by atoms with Crippen molar-refractivity contribution < 1.29 is 4.79 Å². The van der Waals surface area contributed by atoms with Gasteiger partial charge in [-0.1, -0.05) is 0 Å². The van der Waals surface area contributed by atoms with E-state index in [1.54, 1.807) is 11.3 Å². The van der Waals surface area contributed by atoms with Crippen molar-refractivity contribution in [3.05, 3.63) is 28.6 Å². The van der Waals surface area contributed by atoms with Crippen molar-refractivity contribution in [2.45, 2.75) is 6.92 Å². The van der Waals surface area contributed by atoms with Crippen LogP contribution in [-0.4, -0.2) is 6.29 Å². The molecule has 0 saturated carbocycles. The number of nitrogens with two attached hydrogens (primary N) is 1. The lowest BCUT2D eigenvalue weighted by Crippen LogP contribution is -1.91. The van der Waals surface area contributed by atoms with Crippen LogP contribution < -0.4 is 5.73 Å². The molecule has 1 aromatic heterocycles. The standard InChI is InChI=1S/C10H9NOS/c1-6-4-9(11)10-7(2-3-13-10)8(6)5-12/h2-5H,11H2,1H3. The summed E-state index contributed by atoms with van der Waals surface area (Å²) in [6, 6.07) is 3.79. The van der Waals surface area contributed by atoms with E-state index in [0.29, 0.717) is 0 Å². The molecule has 2 nitrogen and oxygen atoms in total. The Labute approximate surface area is 80.0 Å². The Kier molecular flexibility index (Phi) is 1.81. The Morgan fingerprint density at radius 3 is 3.00 bits per heavy atom. The van der Waals surface area contributed by atoms with Crippen LogP contribution in [0.3, 0.4) is 0 Å². The van der Waals surface area contributed by atoms with Gasteiger partial charge in [-0.05, 0) is 30.0 Å². The minimum Gasteiger partial charge on any atom is -0.398 e. The summed E-state index contributed by atoms with van der Waals surface area (Å²) in [5.41, 5.74) is 8.28. The summed E-state index contributed by atoms with van der Waals surface area (Å²) < 4.78 is 1.01. The second-order valence-electron chi connectivity index (χ2n) is 2.98. The van der Waals surface area contributed by atoms with Crippen molar-refractivity contribution in [3.63, 3.8) is 0 Å². The van der Waals surface area contributed by atoms with E-state index in [2.05, 4.69) is 0 Å². The molecule has 0 amide bonds. The number of rotatable bonds is 1. The number of aryl methyl sites for hydroxylation is 1. The molecule has 0 saturated heterocycles. The smallest absolute Gasteiger partial charge is 0.150 e. The van der Waals surface area contributed by atoms with Gasteiger partial charge in [-0.2, -0.15) is 0 Å². The van der Waals surface area contributed by atoms with Gasteiger partial charge in [-0.25, -0.2) is 0 Å². The molecule has 2 rings (SSSR count). The van der Waals surface area contributed by atoms with Crippen LogP contribution in [-0.2, 0) is 0 Å². The summed E-state index contributed by atoms with van der Waals surface area (Å²) in [7, 11) is 0. The molecule has 1 heterocycles. The number of anilines is 1. The lowest BCUT2D eigenvalue weighted by molar-refractivity contribution is 0.112. The lowest BCUT2D eigenvalue weighted by Gasteiger charge is -2.02. The van der Waals surface area contributed by atoms with Gasteiger partial charge in [0.25, 0.3) is 0 Å². The van der Waals surface area contributed by atoms with Crippen molar-refractivity contribution in [2.75, 3.05) is 5.73 Å². The van der Waals surface area contributed by atoms with Gasteiger partial charge in [0.15, 0.2) is 6.29 Å². The first-order valence-corrected chi connectivity index (χ1v) is 4.83. The number of hydrogen-bond donors (Lipinski definition) is 1. The number of hydrogen-bond acceptors (Lipinski definition) is 3. The molecule has 0 bridgehead atoms. The fourth-order valence-electron chi connectivity index (χ4n) is 1.49. The molecule has 0 aliphatic carbocycles. The fourth-order valence-corrected chi connectivity index (χ4v) is 2.33. The predicted molar refractivity (Wildman–Crippen MR) is 56.4 cm³/mol. The number of carbonyl (C=O) groups is 1. The number of nitrogen functional groups attached to an aromatic ring is 1. The highest BCUT2D eigenvalue weighted by atomic mass is 32.1. The highest BCUT2D eigenvalue weighted by Crippen LogP contribution is 2.31. The van der Waals surface area contributed by atoms with Crippen LogP contribution in [0.25, 0.3) is 10.1 Å². The van der Waals surface area contributed by atoms with E-state index in [9.17, 15) is 4.79 Å². The summed E-state index contributed by atoms with van der Waals surface area (Å²) >= 11 is 1.57. The van der Waals surface area contributed by atoms with Crippen molar-refractivity contribution in [1.82, 2.24) is 0 Å². The van der Waals surface area contributed by atoms with Gasteiger partial charge in [-0.3, -0.25) is 4.79 Å². The molecule has 0 unspecified atom stereocenters. The first-order valence-electron chi connectivity index (χ1n) is 3.95. The highest BCUT2D eigenvalue weighted by molar-refractivity contribution is 7.17. The maximum Gasteiger partial charge on any atom is 0.150 e. The number of carbonyl (C=O) groups excluding carboxylic acids is 1. The van der Waals surface area contributed by atoms with Gasteiger partial charge in [0.05, 0.1) is 4.70 Å². The maximum absolute atomic E-state index is 10.8. The van der Waals surface area contributed by atoms with E-state index in [1.165, 1.54) is 0 Å². The minimum atomic E-state index is 0.755. The van der Waals surface area contributed by atoms with Crippen LogP contribution in [0.4, 0.5) is 5.69 Å². The van der Waals surface area contributed by atoms with Crippen molar-refractivity contribution in [1.29, 1.82) is 0 Å². The van der Waals surface area contributed by atoms with Crippen LogP contribution in [0.1, 0.15) is 15.9 Å². The molecule has 0 atom stereocenters. The maximum atomic E-state index is 10.8. The Hall–Kier alpha value is -1.35. The fraction of sp³-hybridized carbons (Fsp3) is 0.100. The van der Waals surface area contributed by atoms with E-state index in [4.69, 9.17) is 5.73 Å². The second kappa shape index (κ2) is 2.85. The summed E-state index contributed by atoms with van der Waals surface area (Å²) in [6.07, 6.45) is 0.893. The molecule has 2 aromatic rings. The summed E-state index contributed by atoms with van der Waals surface area (Å²) in [6.45, 7) is 1.90. The first kappa shape index (κ1) is 8.26. The van der Waals surface area contributed by atoms with E-state index >= 15 is 0 Å². The average Bonchev–Trinajstić information content (AvgIpc) is 2.53. The molecule has 0 spiro atoms.